The highest BCUT2D eigenvalue weighted by Gasteiger charge is 2.22. The quantitative estimate of drug-likeness (QED) is 0.0665. The Bertz CT molecular complexity index is 1520. The lowest BCUT2D eigenvalue weighted by molar-refractivity contribution is -0.385. The van der Waals surface area contributed by atoms with Crippen LogP contribution in [0.2, 0.25) is 15.3 Å². The van der Waals surface area contributed by atoms with Crippen molar-refractivity contribution < 1.29 is 38.6 Å². The summed E-state index contributed by atoms with van der Waals surface area (Å²) in [5.74, 6) is -0.472. The van der Waals surface area contributed by atoms with E-state index in [0.717, 1.165) is 26.3 Å². The van der Waals surface area contributed by atoms with Gasteiger partial charge in [0.15, 0.2) is 7.37 Å². The largest absolute Gasteiger partial charge is 0.480 e. The number of carbonyl (C=O) groups is 2. The van der Waals surface area contributed by atoms with Gasteiger partial charge in [-0.3, -0.25) is 19.5 Å². The first-order valence-corrected chi connectivity index (χ1v) is 16.6. The molecule has 1 aromatic heterocycles. The fraction of sp³-hybridized carbons (Fsp3) is 0.346. The summed E-state index contributed by atoms with van der Waals surface area (Å²) in [5, 5.41) is 26.0. The number of rotatable bonds is 12. The third-order valence-corrected chi connectivity index (χ3v) is 6.93. The van der Waals surface area contributed by atoms with E-state index in [-0.39, 0.29) is 39.9 Å². The van der Waals surface area contributed by atoms with Gasteiger partial charge >= 0.3 is 11.9 Å². The van der Waals surface area contributed by atoms with Crippen molar-refractivity contribution in [1.29, 1.82) is 0 Å². The molecule has 20 heteroatoms. The monoisotopic (exact) mass is 723 g/mol. The molecule has 0 saturated carbocycles. The van der Waals surface area contributed by atoms with Gasteiger partial charge in [-0.25, -0.2) is 4.79 Å². The number of carbonyl (C=O) groups excluding carboxylic acids is 1. The topological polar surface area (TPSA) is 242 Å². The summed E-state index contributed by atoms with van der Waals surface area (Å²) in [6.45, 7) is 6.62. The first-order chi connectivity index (χ1) is 21.5. The number of nitrogens with one attached hydrogen (secondary N) is 2. The SMILES string of the molecule is CCNc1nc(Cl)nc(NCC)n1.COC(=O)c1cc(Oc2ccc(Cl)cc2Cl)ccc1[N+](=O)[O-].CP(=O)(O)CCC(N)C(=O)O. The van der Waals surface area contributed by atoms with Crippen LogP contribution in [0, 0.1) is 10.1 Å². The van der Waals surface area contributed by atoms with Gasteiger partial charge in [0.25, 0.3) is 5.69 Å². The van der Waals surface area contributed by atoms with Crippen LogP contribution in [-0.2, 0) is 14.1 Å². The highest BCUT2D eigenvalue weighted by atomic mass is 35.5. The Morgan fingerprint density at radius 2 is 1.65 bits per heavy atom. The van der Waals surface area contributed by atoms with Gasteiger partial charge in [-0.15, -0.1) is 0 Å². The highest BCUT2D eigenvalue weighted by molar-refractivity contribution is 7.57. The Balaban J connectivity index is 0.000000377. The molecule has 1 heterocycles. The summed E-state index contributed by atoms with van der Waals surface area (Å²) in [5.41, 5.74) is 4.51. The summed E-state index contributed by atoms with van der Waals surface area (Å²) in [4.78, 5) is 52.6. The molecule has 0 aliphatic heterocycles. The number of nitrogens with two attached hydrogens (primary N) is 1. The lowest BCUT2D eigenvalue weighted by Gasteiger charge is -2.09. The number of ether oxygens (including phenoxy) is 2. The first kappa shape index (κ1) is 40.2. The minimum Gasteiger partial charge on any atom is -0.480 e. The number of nitrogens with zero attached hydrogens (tertiary/aromatic N) is 4. The zero-order chi connectivity index (χ0) is 35.0. The number of aliphatic carboxylic acids is 1. The standard InChI is InChI=1S/C14H9Cl2NO5.C7H12ClN5.C5H12NO4P/c1-21-14(18)10-7-9(3-4-12(10)17(19)20)22-13-5-2-8(15)6-11(13)16;1-3-9-6-11-5(8)12-7(13-6)10-4-2;1-11(9,10)3-2-4(6)5(7)8/h2-7H,1H3;3-4H2,1-2H3,(H2,9,10,11,12,13);4H,2-3,6H2,1H3,(H,7,8)(H,9,10). The third kappa shape index (κ3) is 15.0. The van der Waals surface area contributed by atoms with Crippen LogP contribution in [0.4, 0.5) is 17.6 Å². The van der Waals surface area contributed by atoms with Crippen LogP contribution in [-0.4, -0.2) is 80.9 Å². The Morgan fingerprint density at radius 1 is 1.07 bits per heavy atom. The van der Waals surface area contributed by atoms with Crippen LogP contribution in [0.3, 0.4) is 0 Å². The Hall–Kier alpha value is -3.79. The molecule has 0 aliphatic rings. The fourth-order valence-electron chi connectivity index (χ4n) is 3.02. The number of carboxylic acid groups (broad SMARTS) is 1. The van der Waals surface area contributed by atoms with Crippen LogP contribution in [0.1, 0.15) is 30.6 Å². The molecule has 6 N–H and O–H groups in total. The number of hydrogen-bond acceptors (Lipinski definition) is 13. The van der Waals surface area contributed by atoms with E-state index < -0.39 is 30.3 Å². The molecule has 0 saturated heterocycles. The van der Waals surface area contributed by atoms with Crippen LogP contribution in [0.25, 0.3) is 0 Å². The van der Waals surface area contributed by atoms with E-state index in [0.29, 0.717) is 22.7 Å². The van der Waals surface area contributed by atoms with E-state index in [9.17, 15) is 24.3 Å². The minimum absolute atomic E-state index is 0.0412. The predicted molar refractivity (Wildman–Crippen MR) is 175 cm³/mol. The van der Waals surface area contributed by atoms with Crippen molar-refractivity contribution in [3.05, 3.63) is 67.4 Å². The molecule has 0 bridgehead atoms. The predicted octanol–water partition coefficient (Wildman–Crippen LogP) is 5.56. The second-order valence-corrected chi connectivity index (χ2v) is 12.7. The number of nitro benzene ring substituents is 1. The highest BCUT2D eigenvalue weighted by Crippen LogP contribution is 2.36. The molecule has 2 atom stereocenters. The van der Waals surface area contributed by atoms with E-state index in [1.54, 1.807) is 12.1 Å². The van der Waals surface area contributed by atoms with Crippen molar-refractivity contribution in [2.45, 2.75) is 26.3 Å². The van der Waals surface area contributed by atoms with E-state index >= 15 is 0 Å². The molecule has 2 unspecified atom stereocenters. The lowest BCUT2D eigenvalue weighted by atomic mass is 10.1. The molecule has 252 valence electrons. The molecule has 2 aromatic carbocycles. The number of methoxy groups -OCH3 is 1. The Kier molecular flexibility index (Phi) is 17.2. The fourth-order valence-corrected chi connectivity index (χ4v) is 4.39. The third-order valence-electron chi connectivity index (χ3n) is 5.14. The average Bonchev–Trinajstić information content (AvgIpc) is 2.97. The van der Waals surface area contributed by atoms with Crippen molar-refractivity contribution in [3.8, 4) is 11.5 Å². The van der Waals surface area contributed by atoms with Crippen LogP contribution < -0.4 is 21.1 Å². The van der Waals surface area contributed by atoms with Crippen LogP contribution >= 0.6 is 42.2 Å². The lowest BCUT2D eigenvalue weighted by Crippen LogP contribution is -2.30. The molecular weight excluding hydrogens is 692 g/mol. The van der Waals surface area contributed by atoms with E-state index in [1.807, 2.05) is 13.8 Å². The second-order valence-electron chi connectivity index (χ2n) is 8.92. The van der Waals surface area contributed by atoms with Gasteiger partial charge in [0.05, 0.1) is 17.1 Å². The molecule has 3 aromatic rings. The Labute approximate surface area is 279 Å². The molecule has 0 fully saturated rings. The summed E-state index contributed by atoms with van der Waals surface area (Å²) in [6, 6.07) is 7.32. The molecule has 0 spiro atoms. The number of aromatic nitrogens is 3. The molecule has 16 nitrogen and oxygen atoms in total. The summed E-state index contributed by atoms with van der Waals surface area (Å²) >= 11 is 17.4. The Morgan fingerprint density at radius 3 is 2.11 bits per heavy atom. The van der Waals surface area contributed by atoms with Crippen molar-refractivity contribution in [2.75, 3.05) is 43.7 Å². The maximum Gasteiger partial charge on any atom is 0.345 e. The smallest absolute Gasteiger partial charge is 0.345 e. The summed E-state index contributed by atoms with van der Waals surface area (Å²) in [6.07, 6.45) is 0.0000772. The van der Waals surface area contributed by atoms with Gasteiger partial charge in [0.1, 0.15) is 23.1 Å². The molecule has 0 aliphatic carbocycles. The maximum absolute atomic E-state index is 11.6. The average molecular weight is 725 g/mol. The van der Waals surface area contributed by atoms with E-state index in [2.05, 4.69) is 30.3 Å². The number of benzene rings is 2. The number of carboxylic acids is 1. The van der Waals surface area contributed by atoms with Crippen molar-refractivity contribution in [2.24, 2.45) is 5.73 Å². The number of halogens is 3. The molecular formula is C26H33Cl3N7O9P. The van der Waals surface area contributed by atoms with Crippen molar-refractivity contribution in [1.82, 2.24) is 15.0 Å². The van der Waals surface area contributed by atoms with Crippen molar-refractivity contribution >= 4 is 71.7 Å². The maximum atomic E-state index is 11.6. The zero-order valence-corrected chi connectivity index (χ0v) is 28.2. The number of esters is 1. The second kappa shape index (κ2) is 19.7. The summed E-state index contributed by atoms with van der Waals surface area (Å²) in [7, 11) is -1.97. The normalized spacial score (nSPS) is 12.1. The number of anilines is 2. The number of hydrogen-bond donors (Lipinski definition) is 5. The van der Waals surface area contributed by atoms with Gasteiger partial charge in [0.2, 0.25) is 17.2 Å². The number of nitro groups is 1. The van der Waals surface area contributed by atoms with Crippen LogP contribution in [0.15, 0.2) is 36.4 Å². The minimum atomic E-state index is -3.10. The molecule has 46 heavy (non-hydrogen) atoms. The van der Waals surface area contributed by atoms with Gasteiger partial charge < -0.3 is 35.8 Å². The van der Waals surface area contributed by atoms with E-state index in [4.69, 9.17) is 55.3 Å². The van der Waals surface area contributed by atoms with Gasteiger partial charge in [-0.2, -0.15) is 15.0 Å². The zero-order valence-electron chi connectivity index (χ0n) is 25.1. The van der Waals surface area contributed by atoms with Gasteiger partial charge in [-0.05, 0) is 56.1 Å². The van der Waals surface area contributed by atoms with Gasteiger partial charge in [0, 0.05) is 43.1 Å². The molecule has 0 amide bonds. The molecule has 3 rings (SSSR count). The van der Waals surface area contributed by atoms with Gasteiger partial charge in [-0.1, -0.05) is 23.2 Å². The first-order valence-electron chi connectivity index (χ1n) is 13.2. The molecule has 0 radical (unpaired) electrons. The van der Waals surface area contributed by atoms with Crippen LogP contribution in [0.5, 0.6) is 11.5 Å². The van der Waals surface area contributed by atoms with E-state index in [1.165, 1.54) is 24.9 Å². The van der Waals surface area contributed by atoms with Crippen molar-refractivity contribution in [3.63, 3.8) is 0 Å². The summed E-state index contributed by atoms with van der Waals surface area (Å²) < 4.78 is 20.7.